The van der Waals surface area contributed by atoms with E-state index in [1.165, 1.54) is 0 Å². The number of hydrogen-bond acceptors (Lipinski definition) is 6. The molecule has 150 valence electrons. The van der Waals surface area contributed by atoms with E-state index in [9.17, 15) is 9.90 Å². The minimum absolute atomic E-state index is 0.00574. The molecule has 0 aliphatic heterocycles. The van der Waals surface area contributed by atoms with Crippen molar-refractivity contribution in [2.75, 3.05) is 6.61 Å². The number of rotatable bonds is 9. The molecule has 1 aromatic rings. The summed E-state index contributed by atoms with van der Waals surface area (Å²) in [7, 11) is 0. The molecule has 0 spiro atoms. The summed E-state index contributed by atoms with van der Waals surface area (Å²) in [6.45, 7) is 14.2. The summed E-state index contributed by atoms with van der Waals surface area (Å²) >= 11 is 0. The number of hydrogen-bond donors (Lipinski definition) is 3. The van der Waals surface area contributed by atoms with Gasteiger partial charge in [-0.15, -0.1) is 0 Å². The molecule has 26 heavy (non-hydrogen) atoms. The number of carbonyl (C=O) groups is 1. The van der Waals surface area contributed by atoms with Crippen molar-refractivity contribution in [3.8, 4) is 0 Å². The first-order valence-electron chi connectivity index (χ1n) is 9.35. The first kappa shape index (κ1) is 22.4. The Kier molecular flexibility index (Phi) is 8.56. The zero-order valence-corrected chi connectivity index (χ0v) is 17.1. The van der Waals surface area contributed by atoms with Crippen LogP contribution < -0.4 is 10.6 Å². The van der Waals surface area contributed by atoms with Crippen LogP contribution in [0.2, 0.25) is 0 Å². The lowest BCUT2D eigenvalue weighted by Crippen LogP contribution is -2.37. The molecule has 0 aliphatic carbocycles. The highest BCUT2D eigenvalue weighted by molar-refractivity contribution is 5.68. The van der Waals surface area contributed by atoms with Crippen molar-refractivity contribution in [3.63, 3.8) is 0 Å². The van der Waals surface area contributed by atoms with Gasteiger partial charge in [0.1, 0.15) is 17.4 Å². The number of oxazole rings is 1. The van der Waals surface area contributed by atoms with Crippen molar-refractivity contribution >= 4 is 6.09 Å². The third-order valence-corrected chi connectivity index (χ3v) is 4.26. The molecule has 0 radical (unpaired) electrons. The van der Waals surface area contributed by atoms with Crippen LogP contribution in [0.5, 0.6) is 0 Å². The average Bonchev–Trinajstić information content (AvgIpc) is 2.99. The van der Waals surface area contributed by atoms with Crippen molar-refractivity contribution < 1.29 is 19.1 Å². The zero-order chi connectivity index (χ0) is 19.9. The van der Waals surface area contributed by atoms with E-state index in [4.69, 9.17) is 9.15 Å². The van der Waals surface area contributed by atoms with Crippen LogP contribution in [0, 0.1) is 11.8 Å². The van der Waals surface area contributed by atoms with E-state index in [-0.39, 0.29) is 24.6 Å². The lowest BCUT2D eigenvalue weighted by Gasteiger charge is -2.25. The summed E-state index contributed by atoms with van der Waals surface area (Å²) in [6, 6.07) is -0.365. The van der Waals surface area contributed by atoms with Gasteiger partial charge in [0.15, 0.2) is 0 Å². The number of alkyl carbamates (subject to hydrolysis) is 1. The van der Waals surface area contributed by atoms with E-state index >= 15 is 0 Å². The van der Waals surface area contributed by atoms with Gasteiger partial charge in [-0.1, -0.05) is 34.1 Å². The van der Waals surface area contributed by atoms with Crippen molar-refractivity contribution in [2.24, 2.45) is 11.8 Å². The number of aliphatic hydroxyl groups excluding tert-OH is 1. The number of aliphatic hydroxyl groups is 1. The second kappa shape index (κ2) is 9.92. The molecule has 7 nitrogen and oxygen atoms in total. The minimum atomic E-state index is -0.564. The third kappa shape index (κ3) is 7.33. The van der Waals surface area contributed by atoms with Crippen LogP contribution in [-0.4, -0.2) is 34.4 Å². The molecule has 1 rings (SSSR count). The summed E-state index contributed by atoms with van der Waals surface area (Å²) in [6.07, 6.45) is 2.03. The second-order valence-corrected chi connectivity index (χ2v) is 8.09. The molecule has 0 unspecified atom stereocenters. The van der Waals surface area contributed by atoms with Crippen LogP contribution in [-0.2, 0) is 11.3 Å². The Labute approximate surface area is 156 Å². The Hall–Kier alpha value is -1.60. The van der Waals surface area contributed by atoms with Gasteiger partial charge in [0.2, 0.25) is 5.89 Å². The summed E-state index contributed by atoms with van der Waals surface area (Å²) in [5.41, 5.74) is -0.564. The van der Waals surface area contributed by atoms with Crippen LogP contribution in [0.25, 0.3) is 0 Å². The van der Waals surface area contributed by atoms with E-state index < -0.39 is 11.7 Å². The normalized spacial score (nSPS) is 15.6. The van der Waals surface area contributed by atoms with E-state index in [2.05, 4.69) is 15.6 Å². The Balaban J connectivity index is 2.80. The van der Waals surface area contributed by atoms with Gasteiger partial charge in [-0.3, -0.25) is 0 Å². The van der Waals surface area contributed by atoms with E-state index in [0.29, 0.717) is 24.1 Å². The van der Waals surface area contributed by atoms with E-state index in [1.54, 1.807) is 6.20 Å². The first-order valence-corrected chi connectivity index (χ1v) is 9.35. The molecule has 0 fully saturated rings. The summed E-state index contributed by atoms with van der Waals surface area (Å²) in [4.78, 5) is 16.5. The van der Waals surface area contributed by atoms with Gasteiger partial charge in [-0.2, -0.15) is 0 Å². The molecule has 1 heterocycles. The van der Waals surface area contributed by atoms with Crippen molar-refractivity contribution in [1.82, 2.24) is 15.6 Å². The van der Waals surface area contributed by atoms with Gasteiger partial charge in [0.25, 0.3) is 0 Å². The predicted molar refractivity (Wildman–Crippen MR) is 101 cm³/mol. The monoisotopic (exact) mass is 369 g/mol. The lowest BCUT2D eigenvalue weighted by molar-refractivity contribution is 0.0474. The third-order valence-electron chi connectivity index (χ3n) is 4.26. The van der Waals surface area contributed by atoms with Gasteiger partial charge < -0.3 is 24.9 Å². The van der Waals surface area contributed by atoms with Gasteiger partial charge in [0.05, 0.1) is 19.3 Å². The number of nitrogens with one attached hydrogen (secondary N) is 2. The van der Waals surface area contributed by atoms with Gasteiger partial charge in [0, 0.05) is 6.04 Å². The van der Waals surface area contributed by atoms with Gasteiger partial charge in [-0.05, 0) is 32.6 Å². The molecule has 3 atom stereocenters. The molecule has 0 bridgehead atoms. The summed E-state index contributed by atoms with van der Waals surface area (Å²) < 4.78 is 11.2. The van der Waals surface area contributed by atoms with Crippen LogP contribution >= 0.6 is 0 Å². The number of amides is 1. The van der Waals surface area contributed by atoms with E-state index in [0.717, 1.165) is 6.42 Å². The molecular weight excluding hydrogens is 334 g/mol. The maximum absolute atomic E-state index is 12.2. The molecule has 1 aromatic heterocycles. The van der Waals surface area contributed by atoms with Crippen molar-refractivity contribution in [1.29, 1.82) is 0 Å². The number of ether oxygens (including phenoxy) is 1. The van der Waals surface area contributed by atoms with Crippen LogP contribution in [0.4, 0.5) is 4.79 Å². The highest BCUT2D eigenvalue weighted by atomic mass is 16.6. The van der Waals surface area contributed by atoms with Crippen LogP contribution in [0.3, 0.4) is 0 Å². The van der Waals surface area contributed by atoms with Crippen molar-refractivity contribution in [2.45, 2.75) is 79.1 Å². The molecule has 0 saturated heterocycles. The fourth-order valence-electron chi connectivity index (χ4n) is 2.41. The SMILES string of the molecule is CC[C@H](C)[C@H](NC(=O)OC(C)(C)C)c1ncc(CN[C@H](CO)C(C)C)o1. The Bertz CT molecular complexity index is 551. The second-order valence-electron chi connectivity index (χ2n) is 8.09. The lowest BCUT2D eigenvalue weighted by atomic mass is 9.99. The number of carbonyl (C=O) groups excluding carboxylic acids is 1. The highest BCUT2D eigenvalue weighted by Gasteiger charge is 2.27. The predicted octanol–water partition coefficient (Wildman–Crippen LogP) is 3.39. The standard InChI is InChI=1S/C19H35N3O4/c1-8-13(4)16(22-18(24)26-19(5,6)7)17-21-10-14(25-17)9-20-15(11-23)12(2)3/h10,12-13,15-16,20,23H,8-9,11H2,1-7H3,(H,22,24)/t13-,15+,16-/m0/s1. The minimum Gasteiger partial charge on any atom is -0.444 e. The molecule has 3 N–H and O–H groups in total. The molecule has 1 amide bonds. The van der Waals surface area contributed by atoms with Gasteiger partial charge >= 0.3 is 6.09 Å². The maximum atomic E-state index is 12.2. The molecular formula is C19H35N3O4. The van der Waals surface area contributed by atoms with Crippen LogP contribution in [0.1, 0.15) is 72.6 Å². The number of aromatic nitrogens is 1. The average molecular weight is 370 g/mol. The van der Waals surface area contributed by atoms with Gasteiger partial charge in [-0.25, -0.2) is 9.78 Å². The fraction of sp³-hybridized carbons (Fsp3) is 0.789. The maximum Gasteiger partial charge on any atom is 0.408 e. The largest absolute Gasteiger partial charge is 0.444 e. The smallest absolute Gasteiger partial charge is 0.408 e. The fourth-order valence-corrected chi connectivity index (χ4v) is 2.41. The summed E-state index contributed by atoms with van der Waals surface area (Å²) in [5, 5.41) is 15.5. The Morgan fingerprint density at radius 2 is 2.00 bits per heavy atom. The quantitative estimate of drug-likeness (QED) is 0.617. The highest BCUT2D eigenvalue weighted by Crippen LogP contribution is 2.25. The Morgan fingerprint density at radius 1 is 1.35 bits per heavy atom. The topological polar surface area (TPSA) is 96.6 Å². The number of nitrogens with zero attached hydrogens (tertiary/aromatic N) is 1. The first-order chi connectivity index (χ1) is 12.1. The molecule has 0 aromatic carbocycles. The van der Waals surface area contributed by atoms with Crippen molar-refractivity contribution in [3.05, 3.63) is 17.8 Å². The van der Waals surface area contributed by atoms with Crippen LogP contribution in [0.15, 0.2) is 10.6 Å². The zero-order valence-electron chi connectivity index (χ0n) is 17.1. The molecule has 0 saturated carbocycles. The molecule has 0 aliphatic rings. The molecule has 7 heteroatoms. The van der Waals surface area contributed by atoms with E-state index in [1.807, 2.05) is 48.5 Å². The Morgan fingerprint density at radius 3 is 2.50 bits per heavy atom. The summed E-state index contributed by atoms with van der Waals surface area (Å²) in [5.74, 6) is 1.58.